The highest BCUT2D eigenvalue weighted by Crippen LogP contribution is 2.09. The molecule has 1 aliphatic rings. The third-order valence-electron chi connectivity index (χ3n) is 2.86. The van der Waals surface area contributed by atoms with Gasteiger partial charge in [-0.3, -0.25) is 10.9 Å². The van der Waals surface area contributed by atoms with Crippen molar-refractivity contribution in [1.82, 2.24) is 21.5 Å². The maximum Gasteiger partial charge on any atom is 0.185 e. The van der Waals surface area contributed by atoms with Crippen LogP contribution in [-0.2, 0) is 6.54 Å². The number of hydrogen-bond donors (Lipinski definition) is 4. The Morgan fingerprint density at radius 2 is 2.15 bits per heavy atom. The Kier molecular flexibility index (Phi) is 5.82. The average Bonchev–Trinajstić information content (AvgIpc) is 2.97. The first-order valence-electron chi connectivity index (χ1n) is 6.53. The standard InChI is InChI=1S/C13H18N4OS2/c19-12(14-9-11-7-4-8-18-11)16-17-13(20)15-10-5-2-1-3-6-10/h2,4-5,7-8,10H,1,3,6,9H2,(H2,14,16,19)(H2,15,17,20)/t10-/m1/s1. The van der Waals surface area contributed by atoms with E-state index in [1.807, 2.05) is 12.1 Å². The minimum Gasteiger partial charge on any atom is -0.467 e. The first kappa shape index (κ1) is 14.8. The number of hydrazine groups is 1. The van der Waals surface area contributed by atoms with Crippen molar-refractivity contribution in [3.63, 3.8) is 0 Å². The molecule has 0 aromatic carbocycles. The molecule has 1 aromatic rings. The largest absolute Gasteiger partial charge is 0.467 e. The second-order valence-corrected chi connectivity index (χ2v) is 5.27. The Balaban J connectivity index is 1.61. The lowest BCUT2D eigenvalue weighted by Gasteiger charge is -2.20. The first-order chi connectivity index (χ1) is 9.74. The molecule has 0 spiro atoms. The third-order valence-corrected chi connectivity index (χ3v) is 3.33. The third kappa shape index (κ3) is 5.18. The van der Waals surface area contributed by atoms with Crippen LogP contribution in [0.25, 0.3) is 0 Å². The number of hydrogen-bond acceptors (Lipinski definition) is 3. The molecular formula is C13H18N4OS2. The molecule has 1 atom stereocenters. The summed E-state index contributed by atoms with van der Waals surface area (Å²) in [4.78, 5) is 0. The van der Waals surface area contributed by atoms with Crippen LogP contribution >= 0.6 is 24.4 Å². The van der Waals surface area contributed by atoms with Gasteiger partial charge in [0, 0.05) is 6.04 Å². The lowest BCUT2D eigenvalue weighted by atomic mass is 10.0. The zero-order valence-corrected chi connectivity index (χ0v) is 12.7. The van der Waals surface area contributed by atoms with Crippen molar-refractivity contribution in [2.24, 2.45) is 0 Å². The highest BCUT2D eigenvalue weighted by Gasteiger charge is 2.09. The lowest BCUT2D eigenvalue weighted by molar-refractivity contribution is 0.502. The predicted molar refractivity (Wildman–Crippen MR) is 86.9 cm³/mol. The van der Waals surface area contributed by atoms with Crippen LogP contribution in [0, 0.1) is 0 Å². The van der Waals surface area contributed by atoms with Gasteiger partial charge < -0.3 is 15.1 Å². The predicted octanol–water partition coefficient (Wildman–Crippen LogP) is 1.73. The Bertz CT molecular complexity index is 473. The summed E-state index contributed by atoms with van der Waals surface area (Å²) >= 11 is 10.3. The molecule has 4 N–H and O–H groups in total. The summed E-state index contributed by atoms with van der Waals surface area (Å²) in [6.45, 7) is 0.534. The molecule has 1 heterocycles. The van der Waals surface area contributed by atoms with Crippen LogP contribution in [0.2, 0.25) is 0 Å². The summed E-state index contributed by atoms with van der Waals surface area (Å²) in [5, 5.41) is 7.21. The molecule has 0 unspecified atom stereocenters. The number of thiocarbonyl (C=S) groups is 2. The molecule has 0 saturated heterocycles. The smallest absolute Gasteiger partial charge is 0.185 e. The Morgan fingerprint density at radius 3 is 2.85 bits per heavy atom. The first-order valence-corrected chi connectivity index (χ1v) is 7.35. The molecule has 7 heteroatoms. The van der Waals surface area contributed by atoms with E-state index in [4.69, 9.17) is 28.9 Å². The van der Waals surface area contributed by atoms with Crippen LogP contribution in [0.3, 0.4) is 0 Å². The minimum absolute atomic E-state index is 0.301. The molecule has 0 radical (unpaired) electrons. The number of furan rings is 1. The molecule has 1 aliphatic carbocycles. The van der Waals surface area contributed by atoms with Gasteiger partial charge in [-0.25, -0.2) is 0 Å². The molecule has 1 aromatic heterocycles. The van der Waals surface area contributed by atoms with E-state index in [-0.39, 0.29) is 0 Å². The highest BCUT2D eigenvalue weighted by atomic mass is 32.1. The van der Waals surface area contributed by atoms with Crippen molar-refractivity contribution in [2.45, 2.75) is 31.8 Å². The summed E-state index contributed by atoms with van der Waals surface area (Å²) in [6, 6.07) is 4.02. The van der Waals surface area contributed by atoms with Gasteiger partial charge in [-0.05, 0) is 55.8 Å². The van der Waals surface area contributed by atoms with Crippen LogP contribution in [-0.4, -0.2) is 16.3 Å². The van der Waals surface area contributed by atoms with Gasteiger partial charge in [0.15, 0.2) is 10.2 Å². The van der Waals surface area contributed by atoms with Crippen LogP contribution in [0.15, 0.2) is 35.0 Å². The minimum atomic E-state index is 0.301. The van der Waals surface area contributed by atoms with E-state index < -0.39 is 0 Å². The quantitative estimate of drug-likeness (QED) is 0.385. The fraction of sp³-hybridized carbons (Fsp3) is 0.385. The monoisotopic (exact) mass is 310 g/mol. The second-order valence-electron chi connectivity index (χ2n) is 4.45. The molecule has 108 valence electrons. The fourth-order valence-electron chi connectivity index (χ4n) is 1.88. The molecule has 0 saturated carbocycles. The van der Waals surface area contributed by atoms with E-state index in [0.29, 0.717) is 22.8 Å². The van der Waals surface area contributed by atoms with Crippen LogP contribution in [0.1, 0.15) is 25.0 Å². The summed E-state index contributed by atoms with van der Waals surface area (Å²) in [7, 11) is 0. The zero-order valence-electron chi connectivity index (χ0n) is 11.0. The summed E-state index contributed by atoms with van der Waals surface area (Å²) < 4.78 is 5.19. The topological polar surface area (TPSA) is 61.3 Å². The number of nitrogens with one attached hydrogen (secondary N) is 4. The summed E-state index contributed by atoms with van der Waals surface area (Å²) in [5.74, 6) is 0.821. The summed E-state index contributed by atoms with van der Waals surface area (Å²) in [6.07, 6.45) is 9.38. The zero-order chi connectivity index (χ0) is 14.2. The van der Waals surface area contributed by atoms with Gasteiger partial charge >= 0.3 is 0 Å². The fourth-order valence-corrected chi connectivity index (χ4v) is 2.20. The highest BCUT2D eigenvalue weighted by molar-refractivity contribution is 7.80. The van der Waals surface area contributed by atoms with Crippen molar-refractivity contribution in [3.8, 4) is 0 Å². The van der Waals surface area contributed by atoms with E-state index in [1.165, 1.54) is 6.42 Å². The van der Waals surface area contributed by atoms with E-state index >= 15 is 0 Å². The van der Waals surface area contributed by atoms with Crippen molar-refractivity contribution in [1.29, 1.82) is 0 Å². The molecule has 0 bridgehead atoms. The molecule has 5 nitrogen and oxygen atoms in total. The van der Waals surface area contributed by atoms with Crippen LogP contribution in [0.5, 0.6) is 0 Å². The maximum atomic E-state index is 5.19. The molecule has 2 rings (SSSR count). The van der Waals surface area contributed by atoms with Gasteiger partial charge in [0.2, 0.25) is 0 Å². The Morgan fingerprint density at radius 1 is 1.30 bits per heavy atom. The van der Waals surface area contributed by atoms with Crippen molar-refractivity contribution >= 4 is 34.7 Å². The molecule has 20 heavy (non-hydrogen) atoms. The number of rotatable bonds is 3. The lowest BCUT2D eigenvalue weighted by Crippen LogP contribution is -2.52. The van der Waals surface area contributed by atoms with Crippen LogP contribution in [0.4, 0.5) is 0 Å². The number of allylic oxidation sites excluding steroid dienone is 1. The van der Waals surface area contributed by atoms with Gasteiger partial charge in [0.1, 0.15) is 5.76 Å². The maximum absolute atomic E-state index is 5.19. The van der Waals surface area contributed by atoms with Gasteiger partial charge in [-0.2, -0.15) is 0 Å². The average molecular weight is 310 g/mol. The van der Waals surface area contributed by atoms with Crippen molar-refractivity contribution in [3.05, 3.63) is 36.3 Å². The van der Waals surface area contributed by atoms with Crippen LogP contribution < -0.4 is 21.5 Å². The molecule has 0 fully saturated rings. The van der Waals surface area contributed by atoms with Gasteiger partial charge in [-0.15, -0.1) is 0 Å². The van der Waals surface area contributed by atoms with Crippen molar-refractivity contribution < 1.29 is 4.42 Å². The second kappa shape index (κ2) is 7.86. The Hall–Kier alpha value is -1.60. The van der Waals surface area contributed by atoms with Gasteiger partial charge in [0.25, 0.3) is 0 Å². The molecule has 0 aliphatic heterocycles. The summed E-state index contributed by atoms with van der Waals surface area (Å²) in [5.41, 5.74) is 5.70. The van der Waals surface area contributed by atoms with E-state index in [0.717, 1.165) is 18.6 Å². The normalized spacial score (nSPS) is 17.3. The van der Waals surface area contributed by atoms with E-state index in [1.54, 1.807) is 6.26 Å². The molecule has 0 amide bonds. The molecular weight excluding hydrogens is 292 g/mol. The van der Waals surface area contributed by atoms with E-state index in [2.05, 4.69) is 33.6 Å². The Labute approximate surface area is 129 Å². The van der Waals surface area contributed by atoms with Gasteiger partial charge in [-0.1, -0.05) is 12.2 Å². The SMILES string of the molecule is S=C(NCc1ccco1)NNC(=S)N[C@@H]1C=CCCC1. The van der Waals surface area contributed by atoms with Crippen molar-refractivity contribution in [2.75, 3.05) is 0 Å². The van der Waals surface area contributed by atoms with E-state index in [9.17, 15) is 0 Å². The van der Waals surface area contributed by atoms with Gasteiger partial charge in [0.05, 0.1) is 12.8 Å².